The van der Waals surface area contributed by atoms with Crippen LogP contribution in [-0.2, 0) is 17.0 Å². The number of aromatic nitrogens is 3. The molecular formula is C20H19ClN4OS. The van der Waals surface area contributed by atoms with Crippen molar-refractivity contribution in [3.63, 3.8) is 0 Å². The van der Waals surface area contributed by atoms with Crippen LogP contribution >= 0.6 is 23.4 Å². The Morgan fingerprint density at radius 1 is 1.19 bits per heavy atom. The van der Waals surface area contributed by atoms with Crippen molar-refractivity contribution in [2.75, 3.05) is 13.7 Å². The first-order chi connectivity index (χ1) is 13.2. The van der Waals surface area contributed by atoms with Gasteiger partial charge in [-0.05, 0) is 48.4 Å². The van der Waals surface area contributed by atoms with Gasteiger partial charge in [0, 0.05) is 36.6 Å². The minimum atomic E-state index is 0.663. The molecule has 138 valence electrons. The van der Waals surface area contributed by atoms with Gasteiger partial charge in [-0.2, -0.15) is 5.26 Å². The number of ether oxygens (including phenoxy) is 1. The Bertz CT molecular complexity index is 934. The highest BCUT2D eigenvalue weighted by Crippen LogP contribution is 2.27. The molecule has 0 aliphatic heterocycles. The van der Waals surface area contributed by atoms with Crippen LogP contribution in [-0.4, -0.2) is 28.5 Å². The first-order valence-electron chi connectivity index (χ1n) is 8.51. The van der Waals surface area contributed by atoms with Crippen molar-refractivity contribution in [2.45, 2.75) is 23.9 Å². The SMILES string of the molecule is COCCCn1c(SCc2cccc(C#N)c2)nnc1-c1ccc(Cl)cc1. The lowest BCUT2D eigenvalue weighted by Crippen LogP contribution is -2.05. The predicted molar refractivity (Wildman–Crippen MR) is 108 cm³/mol. The van der Waals surface area contributed by atoms with Crippen LogP contribution in [0.15, 0.2) is 53.7 Å². The van der Waals surface area contributed by atoms with Crippen molar-refractivity contribution in [3.8, 4) is 17.5 Å². The first kappa shape index (κ1) is 19.4. The molecule has 0 unspecified atom stereocenters. The molecule has 3 rings (SSSR count). The van der Waals surface area contributed by atoms with Crippen LogP contribution in [0, 0.1) is 11.3 Å². The number of nitrogens with zero attached hydrogens (tertiary/aromatic N) is 4. The Kier molecular flexibility index (Phi) is 6.88. The minimum Gasteiger partial charge on any atom is -0.385 e. The molecule has 0 N–H and O–H groups in total. The van der Waals surface area contributed by atoms with Crippen molar-refractivity contribution >= 4 is 23.4 Å². The van der Waals surface area contributed by atoms with Gasteiger partial charge in [-0.25, -0.2) is 0 Å². The standard InChI is InChI=1S/C20H19ClN4OS/c1-26-11-3-10-25-19(17-6-8-18(21)9-7-17)23-24-20(25)27-14-16-5-2-4-15(12-16)13-22/h2,4-9,12H,3,10-11,14H2,1H3. The van der Waals surface area contributed by atoms with Crippen molar-refractivity contribution in [2.24, 2.45) is 0 Å². The highest BCUT2D eigenvalue weighted by molar-refractivity contribution is 7.98. The van der Waals surface area contributed by atoms with Crippen LogP contribution in [0.4, 0.5) is 0 Å². The molecule has 0 bridgehead atoms. The van der Waals surface area contributed by atoms with E-state index >= 15 is 0 Å². The van der Waals surface area contributed by atoms with Crippen molar-refractivity contribution in [1.82, 2.24) is 14.8 Å². The van der Waals surface area contributed by atoms with Crippen LogP contribution in [0.2, 0.25) is 5.02 Å². The molecule has 27 heavy (non-hydrogen) atoms. The summed E-state index contributed by atoms with van der Waals surface area (Å²) in [7, 11) is 1.70. The Hall–Kier alpha value is -2.33. The van der Waals surface area contributed by atoms with E-state index in [0.717, 1.165) is 40.8 Å². The molecule has 0 spiro atoms. The summed E-state index contributed by atoms with van der Waals surface area (Å²) in [5.41, 5.74) is 2.72. The molecule has 7 heteroatoms. The Morgan fingerprint density at radius 3 is 2.74 bits per heavy atom. The van der Waals surface area contributed by atoms with Gasteiger partial charge in [0.15, 0.2) is 11.0 Å². The summed E-state index contributed by atoms with van der Waals surface area (Å²) in [6, 6.07) is 17.4. The molecule has 0 amide bonds. The van der Waals surface area contributed by atoms with E-state index in [-0.39, 0.29) is 0 Å². The third kappa shape index (κ3) is 5.10. The summed E-state index contributed by atoms with van der Waals surface area (Å²) in [5.74, 6) is 1.54. The monoisotopic (exact) mass is 398 g/mol. The molecule has 0 fully saturated rings. The lowest BCUT2D eigenvalue weighted by Gasteiger charge is -2.10. The van der Waals surface area contributed by atoms with Crippen molar-refractivity contribution < 1.29 is 4.74 Å². The summed E-state index contributed by atoms with van der Waals surface area (Å²) in [4.78, 5) is 0. The quantitative estimate of drug-likeness (QED) is 0.403. The molecular weight excluding hydrogens is 380 g/mol. The number of hydrogen-bond donors (Lipinski definition) is 0. The maximum absolute atomic E-state index is 9.06. The fourth-order valence-electron chi connectivity index (χ4n) is 2.66. The zero-order valence-electron chi connectivity index (χ0n) is 14.9. The summed E-state index contributed by atoms with van der Waals surface area (Å²) >= 11 is 7.61. The van der Waals surface area contributed by atoms with E-state index in [0.29, 0.717) is 17.2 Å². The molecule has 5 nitrogen and oxygen atoms in total. The molecule has 2 aromatic carbocycles. The normalized spacial score (nSPS) is 10.7. The Labute approximate surface area is 167 Å². The number of methoxy groups -OCH3 is 1. The molecule has 0 aliphatic carbocycles. The number of rotatable bonds is 8. The molecule has 0 aliphatic rings. The fraction of sp³-hybridized carbons (Fsp3) is 0.250. The second kappa shape index (κ2) is 9.56. The second-order valence-electron chi connectivity index (χ2n) is 5.91. The van der Waals surface area contributed by atoms with Gasteiger partial charge in [-0.15, -0.1) is 10.2 Å². The number of benzene rings is 2. The molecule has 1 aromatic heterocycles. The van der Waals surface area contributed by atoms with Crippen LogP contribution in [0.3, 0.4) is 0 Å². The smallest absolute Gasteiger partial charge is 0.191 e. The second-order valence-corrected chi connectivity index (χ2v) is 7.29. The zero-order chi connectivity index (χ0) is 19.1. The van der Waals surface area contributed by atoms with E-state index in [1.54, 1.807) is 24.9 Å². The van der Waals surface area contributed by atoms with Gasteiger partial charge in [0.25, 0.3) is 0 Å². The molecule has 0 atom stereocenters. The number of hydrogen-bond acceptors (Lipinski definition) is 5. The van der Waals surface area contributed by atoms with Gasteiger partial charge in [-0.3, -0.25) is 0 Å². The summed E-state index contributed by atoms with van der Waals surface area (Å²) < 4.78 is 7.30. The summed E-state index contributed by atoms with van der Waals surface area (Å²) in [5, 5.41) is 19.4. The van der Waals surface area contributed by atoms with Crippen LogP contribution in [0.5, 0.6) is 0 Å². The fourth-order valence-corrected chi connectivity index (χ4v) is 3.69. The lowest BCUT2D eigenvalue weighted by atomic mass is 10.2. The third-order valence-electron chi connectivity index (χ3n) is 3.97. The largest absolute Gasteiger partial charge is 0.385 e. The van der Waals surface area contributed by atoms with E-state index < -0.39 is 0 Å². The maximum atomic E-state index is 9.06. The minimum absolute atomic E-state index is 0.663. The third-order valence-corrected chi connectivity index (χ3v) is 5.26. The van der Waals surface area contributed by atoms with Gasteiger partial charge < -0.3 is 9.30 Å². The highest BCUT2D eigenvalue weighted by Gasteiger charge is 2.14. The van der Waals surface area contributed by atoms with Crippen LogP contribution in [0.1, 0.15) is 17.5 Å². The van der Waals surface area contributed by atoms with Crippen molar-refractivity contribution in [1.29, 1.82) is 5.26 Å². The average molecular weight is 399 g/mol. The number of nitriles is 1. The van der Waals surface area contributed by atoms with Crippen LogP contribution in [0.25, 0.3) is 11.4 Å². The topological polar surface area (TPSA) is 63.7 Å². The summed E-state index contributed by atoms with van der Waals surface area (Å²) in [6.45, 7) is 1.44. The van der Waals surface area contributed by atoms with Gasteiger partial charge >= 0.3 is 0 Å². The van der Waals surface area contributed by atoms with Crippen molar-refractivity contribution in [3.05, 3.63) is 64.7 Å². The van der Waals surface area contributed by atoms with Crippen LogP contribution < -0.4 is 0 Å². The number of thioether (sulfide) groups is 1. The maximum Gasteiger partial charge on any atom is 0.191 e. The van der Waals surface area contributed by atoms with E-state index in [9.17, 15) is 0 Å². The molecule has 3 aromatic rings. The first-order valence-corrected chi connectivity index (χ1v) is 9.87. The lowest BCUT2D eigenvalue weighted by molar-refractivity contribution is 0.189. The number of halogens is 1. The van der Waals surface area contributed by atoms with Gasteiger partial charge in [-0.1, -0.05) is 35.5 Å². The molecule has 0 saturated carbocycles. The Morgan fingerprint density at radius 2 is 2.00 bits per heavy atom. The van der Waals surface area contributed by atoms with Gasteiger partial charge in [0.2, 0.25) is 0 Å². The molecule has 0 radical (unpaired) electrons. The highest BCUT2D eigenvalue weighted by atomic mass is 35.5. The summed E-state index contributed by atoms with van der Waals surface area (Å²) in [6.07, 6.45) is 0.868. The zero-order valence-corrected chi connectivity index (χ0v) is 16.5. The molecule has 1 heterocycles. The Balaban J connectivity index is 1.83. The van der Waals surface area contributed by atoms with E-state index in [4.69, 9.17) is 21.6 Å². The van der Waals surface area contributed by atoms with Gasteiger partial charge in [0.1, 0.15) is 0 Å². The average Bonchev–Trinajstić information content (AvgIpc) is 3.10. The van der Waals surface area contributed by atoms with E-state index in [2.05, 4.69) is 20.8 Å². The van der Waals surface area contributed by atoms with E-state index in [1.807, 2.05) is 42.5 Å². The van der Waals surface area contributed by atoms with E-state index in [1.165, 1.54) is 0 Å². The predicted octanol–water partition coefficient (Wildman–Crippen LogP) is 4.80. The molecule has 0 saturated heterocycles. The van der Waals surface area contributed by atoms with Gasteiger partial charge in [0.05, 0.1) is 11.6 Å².